The number of rotatable bonds is 5. The van der Waals surface area contributed by atoms with Crippen molar-refractivity contribution in [2.45, 2.75) is 37.0 Å². The summed E-state index contributed by atoms with van der Waals surface area (Å²) in [7, 11) is -6.41. The van der Waals surface area contributed by atoms with E-state index in [2.05, 4.69) is 15.9 Å². The minimum absolute atomic E-state index is 0.0122. The van der Waals surface area contributed by atoms with E-state index in [9.17, 15) is 16.8 Å². The first-order chi connectivity index (χ1) is 9.85. The second-order valence-electron chi connectivity index (χ2n) is 5.55. The molecule has 2 aliphatic heterocycles. The largest absolute Gasteiger partial charge is 0.377 e. The highest BCUT2D eigenvalue weighted by molar-refractivity contribution is 9.09. The first kappa shape index (κ1) is 17.7. The lowest BCUT2D eigenvalue weighted by Gasteiger charge is -2.34. The van der Waals surface area contributed by atoms with Gasteiger partial charge in [-0.1, -0.05) is 15.9 Å². The Labute approximate surface area is 135 Å². The fourth-order valence-corrected chi connectivity index (χ4v) is 6.79. The Morgan fingerprint density at radius 3 is 2.19 bits per heavy atom. The van der Waals surface area contributed by atoms with Crippen molar-refractivity contribution in [1.82, 2.24) is 4.31 Å². The van der Waals surface area contributed by atoms with Gasteiger partial charge in [0, 0.05) is 18.4 Å². The van der Waals surface area contributed by atoms with Crippen molar-refractivity contribution in [1.29, 1.82) is 0 Å². The number of hydrogen-bond acceptors (Lipinski definition) is 5. The highest BCUT2D eigenvalue weighted by atomic mass is 79.9. The van der Waals surface area contributed by atoms with E-state index in [1.54, 1.807) is 0 Å². The van der Waals surface area contributed by atoms with Gasteiger partial charge in [0.15, 0.2) is 0 Å². The molecule has 9 heteroatoms. The van der Waals surface area contributed by atoms with Crippen LogP contribution in [-0.2, 0) is 24.6 Å². The predicted molar refractivity (Wildman–Crippen MR) is 84.9 cm³/mol. The lowest BCUT2D eigenvalue weighted by Crippen LogP contribution is -2.47. The molecule has 0 atom stereocenters. The highest BCUT2D eigenvalue weighted by Crippen LogP contribution is 2.25. The summed E-state index contributed by atoms with van der Waals surface area (Å²) in [5.74, 6) is -0.0244. The average Bonchev–Trinajstić information content (AvgIpc) is 2.45. The minimum atomic E-state index is -3.38. The van der Waals surface area contributed by atoms with Gasteiger partial charge in [0.2, 0.25) is 10.0 Å². The molecule has 2 fully saturated rings. The minimum Gasteiger partial charge on any atom is -0.377 e. The molecule has 21 heavy (non-hydrogen) atoms. The van der Waals surface area contributed by atoms with E-state index < -0.39 is 25.1 Å². The van der Waals surface area contributed by atoms with Crippen LogP contribution in [-0.4, -0.2) is 69.0 Å². The van der Waals surface area contributed by atoms with Gasteiger partial charge >= 0.3 is 0 Å². The molecule has 0 unspecified atom stereocenters. The Bertz CT molecular complexity index is 526. The van der Waals surface area contributed by atoms with E-state index in [1.165, 1.54) is 4.31 Å². The van der Waals surface area contributed by atoms with Crippen molar-refractivity contribution in [3.8, 4) is 0 Å². The lowest BCUT2D eigenvalue weighted by atomic mass is 10.1. The molecular formula is C12H22BrNO5S2. The van der Waals surface area contributed by atoms with Crippen molar-refractivity contribution in [3.05, 3.63) is 0 Å². The molecule has 2 aliphatic rings. The number of hydrogen-bond donors (Lipinski definition) is 0. The zero-order chi connectivity index (χ0) is 15.5. The summed E-state index contributed by atoms with van der Waals surface area (Å²) in [5, 5.41) is 0.239. The van der Waals surface area contributed by atoms with Crippen molar-refractivity contribution in [2.75, 3.05) is 36.5 Å². The van der Waals surface area contributed by atoms with Crippen molar-refractivity contribution in [2.24, 2.45) is 0 Å². The van der Waals surface area contributed by atoms with Gasteiger partial charge in [0.25, 0.3) is 0 Å². The average molecular weight is 404 g/mol. The Hall–Kier alpha value is 0.300. The van der Waals surface area contributed by atoms with E-state index in [1.807, 2.05) is 0 Å². The van der Waals surface area contributed by atoms with E-state index in [0.29, 0.717) is 32.5 Å². The van der Waals surface area contributed by atoms with Crippen LogP contribution in [0.15, 0.2) is 0 Å². The molecule has 2 heterocycles. The van der Waals surface area contributed by atoms with Gasteiger partial charge in [0.1, 0.15) is 9.84 Å². The quantitative estimate of drug-likeness (QED) is 0.633. The lowest BCUT2D eigenvalue weighted by molar-refractivity contribution is 0.0307. The van der Waals surface area contributed by atoms with Gasteiger partial charge < -0.3 is 4.74 Å². The molecule has 0 aromatic carbocycles. The molecule has 0 amide bonds. The zero-order valence-corrected chi connectivity index (χ0v) is 15.1. The monoisotopic (exact) mass is 403 g/mol. The number of sulfonamides is 1. The second kappa shape index (κ2) is 7.25. The Balaban J connectivity index is 1.90. The van der Waals surface area contributed by atoms with Crippen LogP contribution in [0.1, 0.15) is 25.7 Å². The molecule has 0 saturated carbocycles. The summed E-state index contributed by atoms with van der Waals surface area (Å²) in [5.41, 5.74) is 0. The molecule has 0 aromatic heterocycles. The van der Waals surface area contributed by atoms with Gasteiger partial charge in [-0.3, -0.25) is 0 Å². The zero-order valence-electron chi connectivity index (χ0n) is 11.9. The van der Waals surface area contributed by atoms with Crippen LogP contribution >= 0.6 is 15.9 Å². The summed E-state index contributed by atoms with van der Waals surface area (Å²) >= 11 is 3.30. The summed E-state index contributed by atoms with van der Waals surface area (Å²) in [6.45, 7) is 1.58. The molecule has 0 bridgehead atoms. The highest BCUT2D eigenvalue weighted by Gasteiger charge is 2.38. The van der Waals surface area contributed by atoms with Gasteiger partial charge in [-0.15, -0.1) is 0 Å². The summed E-state index contributed by atoms with van der Waals surface area (Å²) in [6.07, 6.45) is 1.99. The van der Waals surface area contributed by atoms with Crippen molar-refractivity contribution >= 4 is 35.8 Å². The van der Waals surface area contributed by atoms with Gasteiger partial charge in [-0.05, 0) is 25.7 Å². The number of nitrogens with zero attached hydrogens (tertiary/aromatic N) is 1. The van der Waals surface area contributed by atoms with Crippen LogP contribution < -0.4 is 0 Å². The Morgan fingerprint density at radius 1 is 1.10 bits per heavy atom. The molecule has 6 nitrogen and oxygen atoms in total. The first-order valence-corrected chi connectivity index (χ1v) is 11.7. The van der Waals surface area contributed by atoms with Crippen LogP contribution in [0.5, 0.6) is 0 Å². The molecule has 0 aromatic rings. The van der Waals surface area contributed by atoms with Crippen LogP contribution in [0, 0.1) is 0 Å². The topological polar surface area (TPSA) is 80.8 Å². The van der Waals surface area contributed by atoms with Gasteiger partial charge in [0.05, 0.1) is 29.5 Å². The number of piperidine rings is 1. The number of halogens is 1. The third-order valence-corrected chi connectivity index (χ3v) is 8.55. The van der Waals surface area contributed by atoms with Crippen LogP contribution in [0.25, 0.3) is 0 Å². The van der Waals surface area contributed by atoms with Crippen LogP contribution in [0.2, 0.25) is 0 Å². The number of alkyl halides is 1. The summed E-state index contributed by atoms with van der Waals surface area (Å²) in [6, 6.07) is 0. The van der Waals surface area contributed by atoms with E-state index in [0.717, 1.165) is 5.33 Å². The normalized spacial score (nSPS) is 26.0. The maximum absolute atomic E-state index is 12.6. The summed E-state index contributed by atoms with van der Waals surface area (Å²) < 4.78 is 55.1. The van der Waals surface area contributed by atoms with Crippen molar-refractivity contribution < 1.29 is 21.6 Å². The van der Waals surface area contributed by atoms with Gasteiger partial charge in [-0.2, -0.15) is 0 Å². The number of sulfone groups is 1. The fourth-order valence-electron chi connectivity index (χ4n) is 2.84. The smallest absolute Gasteiger partial charge is 0.217 e. The molecule has 0 aliphatic carbocycles. The predicted octanol–water partition coefficient (Wildman–Crippen LogP) is 0.769. The van der Waals surface area contributed by atoms with E-state index in [4.69, 9.17) is 4.74 Å². The SMILES string of the molecule is O=S1(=O)CCC(S(=O)(=O)N2CCC(OCCBr)CC2)CC1. The molecule has 124 valence electrons. The standard InChI is InChI=1S/C12H22BrNO5S2/c13-5-8-19-11-1-6-14(7-2-11)21(17,18)12-3-9-20(15,16)10-4-12/h11-12H,1-10H2. The van der Waals surface area contributed by atoms with Crippen LogP contribution in [0.4, 0.5) is 0 Å². The third kappa shape index (κ3) is 4.63. The maximum atomic E-state index is 12.6. The molecule has 0 N–H and O–H groups in total. The molecule has 2 rings (SSSR count). The van der Waals surface area contributed by atoms with Gasteiger partial charge in [-0.25, -0.2) is 21.1 Å². The molecule has 0 spiro atoms. The Morgan fingerprint density at radius 2 is 1.67 bits per heavy atom. The first-order valence-electron chi connectivity index (χ1n) is 7.22. The fraction of sp³-hybridized carbons (Fsp3) is 1.00. The number of ether oxygens (including phenoxy) is 1. The second-order valence-corrected chi connectivity index (χ2v) is 10.9. The molecule has 0 radical (unpaired) electrons. The maximum Gasteiger partial charge on any atom is 0.217 e. The molecule has 2 saturated heterocycles. The van der Waals surface area contributed by atoms with Crippen LogP contribution in [0.3, 0.4) is 0 Å². The molecular weight excluding hydrogens is 382 g/mol. The third-order valence-electron chi connectivity index (χ3n) is 4.11. The van der Waals surface area contributed by atoms with Crippen molar-refractivity contribution in [3.63, 3.8) is 0 Å². The van der Waals surface area contributed by atoms with E-state index >= 15 is 0 Å². The summed E-state index contributed by atoms with van der Waals surface area (Å²) in [4.78, 5) is 0. The Kier molecular flexibility index (Phi) is 6.09. The van der Waals surface area contributed by atoms with E-state index in [-0.39, 0.29) is 30.5 Å².